The molecule has 0 spiro atoms. The minimum Gasteiger partial charge on any atom is -0.358 e. The Morgan fingerprint density at radius 3 is 2.47 bits per heavy atom. The minimum atomic E-state index is -0.286. The highest BCUT2D eigenvalue weighted by Crippen LogP contribution is 2.16. The fourth-order valence-electron chi connectivity index (χ4n) is 3.58. The standard InChI is InChI=1S/C26H24FN3OS/c1-18-7-10-21-14-22(25(31)29-24(21)13-18)17-30(16-20-8-11-23(27)12-9-20)26(32)28-15-19-5-3-2-4-6-19/h2-14H,15-17H2,1H3,(H,28,32)(H,29,31). The molecule has 32 heavy (non-hydrogen) atoms. The molecule has 162 valence electrons. The number of aryl methyl sites for hydroxylation is 1. The largest absolute Gasteiger partial charge is 0.358 e. The van der Waals surface area contributed by atoms with Gasteiger partial charge in [0.15, 0.2) is 5.11 Å². The first-order valence-electron chi connectivity index (χ1n) is 10.4. The molecule has 0 fully saturated rings. The fraction of sp³-hybridized carbons (Fsp3) is 0.154. The maximum absolute atomic E-state index is 13.4. The molecule has 4 nitrogen and oxygen atoms in total. The summed E-state index contributed by atoms with van der Waals surface area (Å²) in [4.78, 5) is 17.7. The zero-order valence-electron chi connectivity index (χ0n) is 17.8. The fourth-order valence-corrected chi connectivity index (χ4v) is 3.78. The van der Waals surface area contributed by atoms with Gasteiger partial charge in [-0.3, -0.25) is 4.79 Å². The van der Waals surface area contributed by atoms with Gasteiger partial charge in [0.25, 0.3) is 5.56 Å². The lowest BCUT2D eigenvalue weighted by Crippen LogP contribution is -2.39. The highest BCUT2D eigenvalue weighted by molar-refractivity contribution is 7.80. The second kappa shape index (κ2) is 9.75. The minimum absolute atomic E-state index is 0.141. The van der Waals surface area contributed by atoms with Crippen LogP contribution in [0.15, 0.2) is 83.7 Å². The van der Waals surface area contributed by atoms with Gasteiger partial charge in [0, 0.05) is 24.2 Å². The Hall–Kier alpha value is -3.51. The lowest BCUT2D eigenvalue weighted by atomic mass is 10.1. The molecular weight excluding hydrogens is 421 g/mol. The van der Waals surface area contributed by atoms with Crippen molar-refractivity contribution in [2.24, 2.45) is 0 Å². The van der Waals surface area contributed by atoms with Crippen LogP contribution in [0.4, 0.5) is 4.39 Å². The summed E-state index contributed by atoms with van der Waals surface area (Å²) < 4.78 is 13.4. The molecule has 1 heterocycles. The summed E-state index contributed by atoms with van der Waals surface area (Å²) in [5.41, 5.74) is 4.39. The molecule has 0 aliphatic heterocycles. The van der Waals surface area contributed by atoms with Crippen LogP contribution >= 0.6 is 12.2 Å². The van der Waals surface area contributed by atoms with Crippen molar-refractivity contribution >= 4 is 28.2 Å². The van der Waals surface area contributed by atoms with E-state index in [2.05, 4.69) is 10.3 Å². The van der Waals surface area contributed by atoms with Gasteiger partial charge in [-0.05, 0) is 65.5 Å². The molecule has 0 radical (unpaired) electrons. The molecule has 1 aromatic heterocycles. The first-order chi connectivity index (χ1) is 15.5. The number of thiocarbonyl (C=S) groups is 1. The number of rotatable bonds is 6. The number of aromatic nitrogens is 1. The van der Waals surface area contributed by atoms with Crippen LogP contribution in [0, 0.1) is 12.7 Å². The van der Waals surface area contributed by atoms with Crippen molar-refractivity contribution in [3.05, 3.63) is 117 Å². The van der Waals surface area contributed by atoms with E-state index >= 15 is 0 Å². The smallest absolute Gasteiger partial charge is 0.253 e. The van der Waals surface area contributed by atoms with E-state index < -0.39 is 0 Å². The van der Waals surface area contributed by atoms with Gasteiger partial charge in [0.2, 0.25) is 0 Å². The summed E-state index contributed by atoms with van der Waals surface area (Å²) in [6.07, 6.45) is 0. The SMILES string of the molecule is Cc1ccc2cc(CN(Cc3ccc(F)cc3)C(=S)NCc3ccccc3)c(=O)[nH]c2c1. The van der Waals surface area contributed by atoms with Crippen molar-refractivity contribution in [3.63, 3.8) is 0 Å². The second-order valence-corrected chi connectivity index (χ2v) is 8.23. The first kappa shape index (κ1) is 21.7. The molecule has 2 N–H and O–H groups in total. The van der Waals surface area contributed by atoms with E-state index in [0.717, 1.165) is 27.6 Å². The Labute approximate surface area is 191 Å². The van der Waals surface area contributed by atoms with Crippen molar-refractivity contribution in [2.45, 2.75) is 26.6 Å². The molecular formula is C26H24FN3OS. The third-order valence-electron chi connectivity index (χ3n) is 5.30. The van der Waals surface area contributed by atoms with Crippen LogP contribution in [-0.2, 0) is 19.6 Å². The van der Waals surface area contributed by atoms with Gasteiger partial charge in [0.1, 0.15) is 5.82 Å². The quantitative estimate of drug-likeness (QED) is 0.408. The van der Waals surface area contributed by atoms with Crippen LogP contribution < -0.4 is 10.9 Å². The van der Waals surface area contributed by atoms with Crippen molar-refractivity contribution in [3.8, 4) is 0 Å². The van der Waals surface area contributed by atoms with Crippen molar-refractivity contribution in [2.75, 3.05) is 0 Å². The summed E-state index contributed by atoms with van der Waals surface area (Å²) in [5, 5.41) is 4.78. The van der Waals surface area contributed by atoms with Gasteiger partial charge < -0.3 is 15.2 Å². The van der Waals surface area contributed by atoms with Crippen LogP contribution in [0.25, 0.3) is 10.9 Å². The van der Waals surface area contributed by atoms with Gasteiger partial charge in [-0.25, -0.2) is 4.39 Å². The predicted molar refractivity (Wildman–Crippen MR) is 131 cm³/mol. The predicted octanol–water partition coefficient (Wildman–Crippen LogP) is 5.05. The summed E-state index contributed by atoms with van der Waals surface area (Å²) in [7, 11) is 0. The summed E-state index contributed by atoms with van der Waals surface area (Å²) in [6.45, 7) is 3.35. The highest BCUT2D eigenvalue weighted by atomic mass is 32.1. The van der Waals surface area contributed by atoms with E-state index in [1.807, 2.05) is 66.4 Å². The van der Waals surface area contributed by atoms with Crippen LogP contribution in [-0.4, -0.2) is 15.0 Å². The van der Waals surface area contributed by atoms with Crippen LogP contribution in [0.1, 0.15) is 22.3 Å². The van der Waals surface area contributed by atoms with E-state index in [9.17, 15) is 9.18 Å². The molecule has 0 saturated carbocycles. The molecule has 0 unspecified atom stereocenters. The monoisotopic (exact) mass is 445 g/mol. The first-order valence-corrected chi connectivity index (χ1v) is 10.8. The molecule has 0 atom stereocenters. The number of pyridine rings is 1. The third kappa shape index (κ3) is 5.39. The molecule has 0 saturated heterocycles. The number of aromatic amines is 1. The number of hydrogen-bond donors (Lipinski definition) is 2. The normalized spacial score (nSPS) is 10.8. The number of nitrogens with one attached hydrogen (secondary N) is 2. The number of halogens is 1. The molecule has 3 aromatic carbocycles. The Morgan fingerprint density at radius 2 is 1.72 bits per heavy atom. The van der Waals surface area contributed by atoms with Gasteiger partial charge in [-0.1, -0.05) is 54.6 Å². The lowest BCUT2D eigenvalue weighted by Gasteiger charge is -2.26. The topological polar surface area (TPSA) is 48.1 Å². The average molecular weight is 446 g/mol. The summed E-state index contributed by atoms with van der Waals surface area (Å²) in [6, 6.07) is 24.2. The lowest BCUT2D eigenvalue weighted by molar-refractivity contribution is 0.397. The third-order valence-corrected chi connectivity index (χ3v) is 5.70. The van der Waals surface area contributed by atoms with Gasteiger partial charge in [0.05, 0.1) is 6.54 Å². The number of hydrogen-bond acceptors (Lipinski definition) is 2. The molecule has 4 aromatic rings. The van der Waals surface area contributed by atoms with Gasteiger partial charge >= 0.3 is 0 Å². The maximum atomic E-state index is 13.4. The second-order valence-electron chi connectivity index (χ2n) is 7.84. The van der Waals surface area contributed by atoms with Crippen LogP contribution in [0.5, 0.6) is 0 Å². The Bertz CT molecular complexity index is 1290. The Kier molecular flexibility index (Phi) is 6.61. The maximum Gasteiger partial charge on any atom is 0.253 e. The number of fused-ring (bicyclic) bond motifs is 1. The zero-order valence-corrected chi connectivity index (χ0v) is 18.6. The number of H-pyrrole nitrogens is 1. The molecule has 0 aliphatic rings. The van der Waals surface area contributed by atoms with Crippen molar-refractivity contribution in [1.82, 2.24) is 15.2 Å². The van der Waals surface area contributed by atoms with Crippen LogP contribution in [0.3, 0.4) is 0 Å². The van der Waals surface area contributed by atoms with E-state index in [1.165, 1.54) is 12.1 Å². The summed E-state index contributed by atoms with van der Waals surface area (Å²) in [5.74, 6) is -0.286. The van der Waals surface area contributed by atoms with Crippen molar-refractivity contribution < 1.29 is 4.39 Å². The highest BCUT2D eigenvalue weighted by Gasteiger charge is 2.14. The van der Waals surface area contributed by atoms with Crippen molar-refractivity contribution in [1.29, 1.82) is 0 Å². The average Bonchev–Trinajstić information content (AvgIpc) is 2.79. The molecule has 0 amide bonds. The van der Waals surface area contributed by atoms with Gasteiger partial charge in [-0.2, -0.15) is 0 Å². The van der Waals surface area contributed by atoms with E-state index in [4.69, 9.17) is 12.2 Å². The molecule has 4 rings (SSSR count). The number of benzene rings is 3. The van der Waals surface area contributed by atoms with Gasteiger partial charge in [-0.15, -0.1) is 0 Å². The molecule has 0 aliphatic carbocycles. The zero-order chi connectivity index (χ0) is 22.5. The van der Waals surface area contributed by atoms with E-state index in [1.54, 1.807) is 12.1 Å². The Balaban J connectivity index is 1.59. The van der Waals surface area contributed by atoms with E-state index in [-0.39, 0.29) is 11.4 Å². The molecule has 0 bridgehead atoms. The van der Waals surface area contributed by atoms with E-state index in [0.29, 0.717) is 30.3 Å². The molecule has 6 heteroatoms. The Morgan fingerprint density at radius 1 is 0.969 bits per heavy atom. The summed E-state index contributed by atoms with van der Waals surface area (Å²) >= 11 is 5.68. The number of nitrogens with zero attached hydrogens (tertiary/aromatic N) is 1. The van der Waals surface area contributed by atoms with Crippen LogP contribution in [0.2, 0.25) is 0 Å².